The molecule has 0 fully saturated rings. The standard InChI is InChI=1S/C11H10ClN3O2/c12-9-6(7-5-14-15-11(7)13)1-2-8-10(9)17-4-3-16-8/h1-2,5H,3-4H2,(H3,13,14,15). The number of nitrogens with two attached hydrogens (primary N) is 1. The predicted molar refractivity (Wildman–Crippen MR) is 64.4 cm³/mol. The topological polar surface area (TPSA) is 73.2 Å². The Kier molecular flexibility index (Phi) is 2.33. The molecule has 1 aromatic carbocycles. The molecule has 1 aromatic heterocycles. The number of benzene rings is 1. The molecular weight excluding hydrogens is 242 g/mol. The lowest BCUT2D eigenvalue weighted by Crippen LogP contribution is -2.15. The van der Waals surface area contributed by atoms with Crippen LogP contribution in [0, 0.1) is 0 Å². The molecule has 2 heterocycles. The summed E-state index contributed by atoms with van der Waals surface area (Å²) >= 11 is 6.29. The van der Waals surface area contributed by atoms with E-state index in [-0.39, 0.29) is 0 Å². The molecule has 2 aromatic rings. The summed E-state index contributed by atoms with van der Waals surface area (Å²) in [6, 6.07) is 3.67. The summed E-state index contributed by atoms with van der Waals surface area (Å²) in [6.07, 6.45) is 1.63. The van der Waals surface area contributed by atoms with Crippen molar-refractivity contribution in [1.29, 1.82) is 0 Å². The van der Waals surface area contributed by atoms with E-state index in [4.69, 9.17) is 26.8 Å². The molecule has 0 amide bonds. The minimum Gasteiger partial charge on any atom is -0.486 e. The minimum absolute atomic E-state index is 0.476. The van der Waals surface area contributed by atoms with Crippen LogP contribution in [0.15, 0.2) is 18.3 Å². The number of hydrogen-bond acceptors (Lipinski definition) is 4. The molecule has 0 radical (unpaired) electrons. The summed E-state index contributed by atoms with van der Waals surface area (Å²) in [7, 11) is 0. The second-order valence-corrected chi connectivity index (χ2v) is 4.03. The largest absolute Gasteiger partial charge is 0.486 e. The zero-order valence-corrected chi connectivity index (χ0v) is 9.62. The van der Waals surface area contributed by atoms with Gasteiger partial charge in [-0.15, -0.1) is 0 Å². The van der Waals surface area contributed by atoms with Crippen molar-refractivity contribution in [3.8, 4) is 22.6 Å². The van der Waals surface area contributed by atoms with Crippen LogP contribution in [-0.4, -0.2) is 23.4 Å². The molecule has 88 valence electrons. The van der Waals surface area contributed by atoms with Crippen LogP contribution < -0.4 is 15.2 Å². The maximum atomic E-state index is 6.29. The zero-order chi connectivity index (χ0) is 11.8. The van der Waals surface area contributed by atoms with Crippen LogP contribution in [0.5, 0.6) is 11.5 Å². The van der Waals surface area contributed by atoms with E-state index in [1.165, 1.54) is 0 Å². The summed E-state index contributed by atoms with van der Waals surface area (Å²) < 4.78 is 10.9. The monoisotopic (exact) mass is 251 g/mol. The van der Waals surface area contributed by atoms with E-state index >= 15 is 0 Å². The molecule has 0 saturated carbocycles. The van der Waals surface area contributed by atoms with Crippen LogP contribution >= 0.6 is 11.6 Å². The number of nitrogens with zero attached hydrogens (tertiary/aromatic N) is 1. The Hall–Kier alpha value is -1.88. The van der Waals surface area contributed by atoms with E-state index in [9.17, 15) is 0 Å². The van der Waals surface area contributed by atoms with E-state index in [0.717, 1.165) is 11.1 Å². The molecule has 17 heavy (non-hydrogen) atoms. The Morgan fingerprint density at radius 3 is 2.82 bits per heavy atom. The fourth-order valence-electron chi connectivity index (χ4n) is 1.80. The van der Waals surface area contributed by atoms with Gasteiger partial charge in [-0.05, 0) is 12.1 Å². The Morgan fingerprint density at radius 1 is 1.24 bits per heavy atom. The van der Waals surface area contributed by atoms with Gasteiger partial charge in [-0.3, -0.25) is 5.10 Å². The third-order valence-electron chi connectivity index (χ3n) is 2.61. The summed E-state index contributed by atoms with van der Waals surface area (Å²) in [5.74, 6) is 1.70. The SMILES string of the molecule is Nc1[nH]ncc1-c1ccc2c(c1Cl)OCCO2. The minimum atomic E-state index is 0.476. The molecule has 0 aliphatic carbocycles. The van der Waals surface area contributed by atoms with Crippen LogP contribution in [0.4, 0.5) is 5.82 Å². The average molecular weight is 252 g/mol. The third-order valence-corrected chi connectivity index (χ3v) is 2.98. The van der Waals surface area contributed by atoms with E-state index < -0.39 is 0 Å². The van der Waals surface area contributed by atoms with Crippen LogP contribution in [0.25, 0.3) is 11.1 Å². The first-order valence-corrected chi connectivity index (χ1v) is 5.52. The van der Waals surface area contributed by atoms with Crippen LogP contribution in [-0.2, 0) is 0 Å². The fraction of sp³-hybridized carbons (Fsp3) is 0.182. The van der Waals surface area contributed by atoms with Gasteiger partial charge in [0.05, 0.1) is 11.2 Å². The number of aromatic amines is 1. The van der Waals surface area contributed by atoms with Crippen molar-refractivity contribution < 1.29 is 9.47 Å². The van der Waals surface area contributed by atoms with Gasteiger partial charge in [0, 0.05) is 11.1 Å². The van der Waals surface area contributed by atoms with Crippen LogP contribution in [0.1, 0.15) is 0 Å². The molecule has 0 spiro atoms. The number of aromatic nitrogens is 2. The number of nitrogen functional groups attached to an aromatic ring is 1. The van der Waals surface area contributed by atoms with Crippen LogP contribution in [0.2, 0.25) is 5.02 Å². The number of hydrogen-bond donors (Lipinski definition) is 2. The van der Waals surface area contributed by atoms with E-state index in [0.29, 0.717) is 35.6 Å². The summed E-state index contributed by atoms with van der Waals surface area (Å²) in [5.41, 5.74) is 7.31. The normalized spacial score (nSPS) is 13.7. The van der Waals surface area contributed by atoms with Crippen molar-refractivity contribution in [2.45, 2.75) is 0 Å². The van der Waals surface area contributed by atoms with Gasteiger partial charge in [0.15, 0.2) is 11.5 Å². The van der Waals surface area contributed by atoms with Crippen molar-refractivity contribution in [3.05, 3.63) is 23.4 Å². The first kappa shape index (κ1) is 10.3. The lowest BCUT2D eigenvalue weighted by molar-refractivity contribution is 0.172. The highest BCUT2D eigenvalue weighted by Crippen LogP contribution is 2.43. The number of fused-ring (bicyclic) bond motifs is 1. The summed E-state index contributed by atoms with van der Waals surface area (Å²) in [4.78, 5) is 0. The Morgan fingerprint density at radius 2 is 2.06 bits per heavy atom. The van der Waals surface area contributed by atoms with Gasteiger partial charge in [-0.25, -0.2) is 0 Å². The third kappa shape index (κ3) is 1.59. The molecule has 3 rings (SSSR count). The van der Waals surface area contributed by atoms with Gasteiger partial charge < -0.3 is 15.2 Å². The van der Waals surface area contributed by atoms with Gasteiger partial charge in [-0.1, -0.05) is 11.6 Å². The molecule has 3 N–H and O–H groups in total. The Labute approximate surface area is 102 Å². The Bertz CT molecular complexity index is 568. The summed E-state index contributed by atoms with van der Waals surface area (Å²) in [5, 5.41) is 7.04. The molecule has 5 nitrogen and oxygen atoms in total. The van der Waals surface area contributed by atoms with Crippen molar-refractivity contribution >= 4 is 17.4 Å². The fourth-order valence-corrected chi connectivity index (χ4v) is 2.11. The van der Waals surface area contributed by atoms with Gasteiger partial charge in [0.25, 0.3) is 0 Å². The highest BCUT2D eigenvalue weighted by atomic mass is 35.5. The van der Waals surface area contributed by atoms with Crippen molar-refractivity contribution in [2.24, 2.45) is 0 Å². The molecule has 0 saturated heterocycles. The van der Waals surface area contributed by atoms with Gasteiger partial charge in [-0.2, -0.15) is 5.10 Å². The second-order valence-electron chi connectivity index (χ2n) is 3.65. The molecule has 6 heteroatoms. The number of nitrogens with one attached hydrogen (secondary N) is 1. The molecular formula is C11H10ClN3O2. The zero-order valence-electron chi connectivity index (χ0n) is 8.87. The quantitative estimate of drug-likeness (QED) is 0.814. The molecule has 1 aliphatic heterocycles. The number of rotatable bonds is 1. The van der Waals surface area contributed by atoms with Crippen LogP contribution in [0.3, 0.4) is 0 Å². The highest BCUT2D eigenvalue weighted by Gasteiger charge is 2.20. The van der Waals surface area contributed by atoms with Gasteiger partial charge in [0.1, 0.15) is 19.0 Å². The maximum Gasteiger partial charge on any atom is 0.180 e. The van der Waals surface area contributed by atoms with Gasteiger partial charge >= 0.3 is 0 Å². The Balaban J connectivity index is 2.16. The molecule has 0 bridgehead atoms. The number of H-pyrrole nitrogens is 1. The van der Waals surface area contributed by atoms with E-state index in [2.05, 4.69) is 10.2 Å². The lowest BCUT2D eigenvalue weighted by atomic mass is 10.1. The molecule has 0 unspecified atom stereocenters. The smallest absolute Gasteiger partial charge is 0.180 e. The number of halogens is 1. The van der Waals surface area contributed by atoms with Crippen molar-refractivity contribution in [1.82, 2.24) is 10.2 Å². The average Bonchev–Trinajstić information content (AvgIpc) is 2.76. The summed E-state index contributed by atoms with van der Waals surface area (Å²) in [6.45, 7) is 1.04. The molecule has 0 atom stereocenters. The van der Waals surface area contributed by atoms with Gasteiger partial charge in [0.2, 0.25) is 0 Å². The van der Waals surface area contributed by atoms with E-state index in [1.807, 2.05) is 12.1 Å². The predicted octanol–water partition coefficient (Wildman–Crippen LogP) is 2.08. The second kappa shape index (κ2) is 3.85. The first-order chi connectivity index (χ1) is 8.27. The van der Waals surface area contributed by atoms with E-state index in [1.54, 1.807) is 6.20 Å². The molecule has 1 aliphatic rings. The highest BCUT2D eigenvalue weighted by molar-refractivity contribution is 6.35. The lowest BCUT2D eigenvalue weighted by Gasteiger charge is -2.20. The first-order valence-electron chi connectivity index (χ1n) is 5.14. The van der Waals surface area contributed by atoms with Crippen molar-refractivity contribution in [3.63, 3.8) is 0 Å². The maximum absolute atomic E-state index is 6.29. The van der Waals surface area contributed by atoms with Crippen molar-refractivity contribution in [2.75, 3.05) is 18.9 Å². The number of anilines is 1. The number of ether oxygens (including phenoxy) is 2.